The first-order chi connectivity index (χ1) is 8.14. The van der Waals surface area contributed by atoms with E-state index in [0.717, 1.165) is 43.5 Å². The zero-order valence-corrected chi connectivity index (χ0v) is 10.7. The molecule has 17 heavy (non-hydrogen) atoms. The van der Waals surface area contributed by atoms with Gasteiger partial charge in [0.15, 0.2) is 0 Å². The van der Waals surface area contributed by atoms with E-state index in [1.54, 1.807) is 0 Å². The Bertz CT molecular complexity index is 353. The van der Waals surface area contributed by atoms with E-state index in [2.05, 4.69) is 17.2 Å². The highest BCUT2D eigenvalue weighted by molar-refractivity contribution is 5.21. The van der Waals surface area contributed by atoms with Crippen LogP contribution in [0, 0.1) is 6.92 Å². The highest BCUT2D eigenvalue weighted by Crippen LogP contribution is 2.36. The minimum Gasteiger partial charge on any atom is -0.385 e. The predicted molar refractivity (Wildman–Crippen MR) is 68.8 cm³/mol. The zero-order valence-electron chi connectivity index (χ0n) is 10.7. The Kier molecular flexibility index (Phi) is 3.79. The topological polar surface area (TPSA) is 45.1 Å². The first kappa shape index (κ1) is 12.5. The quantitative estimate of drug-likeness (QED) is 0.842. The summed E-state index contributed by atoms with van der Waals surface area (Å²) in [6.45, 7) is 5.11. The molecule has 0 aliphatic heterocycles. The molecule has 0 saturated heterocycles. The van der Waals surface area contributed by atoms with Crippen LogP contribution in [0.4, 0.5) is 0 Å². The van der Waals surface area contributed by atoms with Gasteiger partial charge < -0.3 is 10.4 Å². The van der Waals surface area contributed by atoms with Crippen LogP contribution in [0.2, 0.25) is 0 Å². The molecule has 3 nitrogen and oxygen atoms in total. The molecule has 1 saturated carbocycles. The van der Waals surface area contributed by atoms with Crippen molar-refractivity contribution in [3.63, 3.8) is 0 Å². The third-order valence-corrected chi connectivity index (χ3v) is 3.75. The van der Waals surface area contributed by atoms with Crippen LogP contribution in [-0.4, -0.2) is 22.7 Å². The molecular formula is C14H22N2O. The Hall–Kier alpha value is -0.930. The molecule has 94 valence electrons. The van der Waals surface area contributed by atoms with Gasteiger partial charge in [-0.05, 0) is 45.2 Å². The molecule has 0 amide bonds. The van der Waals surface area contributed by atoms with Gasteiger partial charge in [0.2, 0.25) is 0 Å². The largest absolute Gasteiger partial charge is 0.385 e. The summed E-state index contributed by atoms with van der Waals surface area (Å²) in [7, 11) is 0. The van der Waals surface area contributed by atoms with Crippen LogP contribution < -0.4 is 5.32 Å². The number of rotatable bonds is 3. The SMILES string of the molecule is CCNC1CCC(O)(c2ccc(C)nc2)CC1. The summed E-state index contributed by atoms with van der Waals surface area (Å²) < 4.78 is 0. The van der Waals surface area contributed by atoms with Gasteiger partial charge in [0.05, 0.1) is 5.60 Å². The lowest BCUT2D eigenvalue weighted by molar-refractivity contribution is -0.00844. The Balaban J connectivity index is 2.04. The summed E-state index contributed by atoms with van der Waals surface area (Å²) in [5.41, 5.74) is 1.31. The highest BCUT2D eigenvalue weighted by atomic mass is 16.3. The monoisotopic (exact) mass is 234 g/mol. The third kappa shape index (κ3) is 2.85. The number of aromatic nitrogens is 1. The van der Waals surface area contributed by atoms with E-state index in [1.165, 1.54) is 0 Å². The predicted octanol–water partition coefficient (Wildman–Crippen LogP) is 2.13. The van der Waals surface area contributed by atoms with E-state index >= 15 is 0 Å². The molecule has 2 rings (SSSR count). The normalized spacial score (nSPS) is 29.2. The molecule has 1 aromatic rings. The highest BCUT2D eigenvalue weighted by Gasteiger charge is 2.34. The molecular weight excluding hydrogens is 212 g/mol. The van der Waals surface area contributed by atoms with Crippen LogP contribution in [0.5, 0.6) is 0 Å². The number of pyridine rings is 1. The number of nitrogens with zero attached hydrogens (tertiary/aromatic N) is 1. The fraction of sp³-hybridized carbons (Fsp3) is 0.643. The summed E-state index contributed by atoms with van der Waals surface area (Å²) in [6, 6.07) is 4.55. The summed E-state index contributed by atoms with van der Waals surface area (Å²) in [6.07, 6.45) is 5.56. The van der Waals surface area contributed by atoms with Gasteiger partial charge in [0.1, 0.15) is 0 Å². The van der Waals surface area contributed by atoms with Gasteiger partial charge in [-0.15, -0.1) is 0 Å². The Morgan fingerprint density at radius 1 is 1.41 bits per heavy atom. The average molecular weight is 234 g/mol. The van der Waals surface area contributed by atoms with Gasteiger partial charge in [-0.2, -0.15) is 0 Å². The minimum atomic E-state index is -0.660. The van der Waals surface area contributed by atoms with Crippen molar-refractivity contribution >= 4 is 0 Å². The van der Waals surface area contributed by atoms with Crippen molar-refractivity contribution in [3.05, 3.63) is 29.6 Å². The molecule has 0 atom stereocenters. The Labute approximate surface area is 103 Å². The molecule has 1 heterocycles. The molecule has 0 aromatic carbocycles. The number of aliphatic hydroxyl groups is 1. The van der Waals surface area contributed by atoms with Crippen molar-refractivity contribution in [2.75, 3.05) is 6.54 Å². The number of hydrogen-bond donors (Lipinski definition) is 2. The first-order valence-electron chi connectivity index (χ1n) is 6.53. The molecule has 1 aliphatic carbocycles. The zero-order chi connectivity index (χ0) is 12.3. The van der Waals surface area contributed by atoms with Gasteiger partial charge in [0.25, 0.3) is 0 Å². The lowest BCUT2D eigenvalue weighted by Crippen LogP contribution is -2.39. The van der Waals surface area contributed by atoms with E-state index in [9.17, 15) is 5.11 Å². The van der Waals surface area contributed by atoms with Gasteiger partial charge >= 0.3 is 0 Å². The summed E-state index contributed by atoms with van der Waals surface area (Å²) in [5.74, 6) is 0. The van der Waals surface area contributed by atoms with Gasteiger partial charge in [0, 0.05) is 23.5 Å². The van der Waals surface area contributed by atoms with Crippen LogP contribution in [-0.2, 0) is 5.60 Å². The molecule has 2 N–H and O–H groups in total. The number of hydrogen-bond acceptors (Lipinski definition) is 3. The van der Waals surface area contributed by atoms with E-state index in [4.69, 9.17) is 0 Å². The smallest absolute Gasteiger partial charge is 0.0912 e. The molecule has 1 aliphatic rings. The number of aryl methyl sites for hydroxylation is 1. The second-order valence-corrected chi connectivity index (χ2v) is 5.05. The first-order valence-corrected chi connectivity index (χ1v) is 6.53. The van der Waals surface area contributed by atoms with Crippen LogP contribution in [0.1, 0.15) is 43.9 Å². The average Bonchev–Trinajstić information content (AvgIpc) is 2.33. The third-order valence-electron chi connectivity index (χ3n) is 3.75. The molecule has 0 unspecified atom stereocenters. The summed E-state index contributed by atoms with van der Waals surface area (Å²) in [5, 5.41) is 14.1. The van der Waals surface area contributed by atoms with Gasteiger partial charge in [-0.3, -0.25) is 4.98 Å². The molecule has 0 radical (unpaired) electrons. The lowest BCUT2D eigenvalue weighted by Gasteiger charge is -2.36. The van der Waals surface area contributed by atoms with Crippen LogP contribution in [0.3, 0.4) is 0 Å². The van der Waals surface area contributed by atoms with Crippen LogP contribution in [0.25, 0.3) is 0 Å². The fourth-order valence-electron chi connectivity index (χ4n) is 2.62. The van der Waals surface area contributed by atoms with Crippen LogP contribution in [0.15, 0.2) is 18.3 Å². The molecule has 0 bridgehead atoms. The lowest BCUT2D eigenvalue weighted by atomic mass is 9.78. The van der Waals surface area contributed by atoms with Crippen molar-refractivity contribution in [2.45, 2.75) is 51.2 Å². The second kappa shape index (κ2) is 5.15. The molecule has 1 aromatic heterocycles. The maximum atomic E-state index is 10.7. The van der Waals surface area contributed by atoms with E-state index in [1.807, 2.05) is 25.3 Å². The maximum Gasteiger partial charge on any atom is 0.0912 e. The molecule has 0 spiro atoms. The van der Waals surface area contributed by atoms with Crippen molar-refractivity contribution in [1.82, 2.24) is 10.3 Å². The summed E-state index contributed by atoms with van der Waals surface area (Å²) >= 11 is 0. The Morgan fingerprint density at radius 2 is 2.12 bits per heavy atom. The molecule has 1 fully saturated rings. The summed E-state index contributed by atoms with van der Waals surface area (Å²) in [4.78, 5) is 4.28. The maximum absolute atomic E-state index is 10.7. The fourth-order valence-corrected chi connectivity index (χ4v) is 2.62. The minimum absolute atomic E-state index is 0.568. The van der Waals surface area contributed by atoms with Crippen molar-refractivity contribution in [2.24, 2.45) is 0 Å². The van der Waals surface area contributed by atoms with Gasteiger partial charge in [-0.25, -0.2) is 0 Å². The van der Waals surface area contributed by atoms with Crippen molar-refractivity contribution in [1.29, 1.82) is 0 Å². The Morgan fingerprint density at radius 3 is 2.65 bits per heavy atom. The second-order valence-electron chi connectivity index (χ2n) is 5.05. The van der Waals surface area contributed by atoms with E-state index < -0.39 is 5.60 Å². The van der Waals surface area contributed by atoms with E-state index in [0.29, 0.717) is 6.04 Å². The van der Waals surface area contributed by atoms with Crippen LogP contribution >= 0.6 is 0 Å². The standard InChI is InChI=1S/C14H22N2O/c1-3-15-13-6-8-14(17,9-7-13)12-5-4-11(2)16-10-12/h4-5,10,13,15,17H,3,6-9H2,1-2H3. The van der Waals surface area contributed by atoms with E-state index in [-0.39, 0.29) is 0 Å². The molecule has 3 heteroatoms. The van der Waals surface area contributed by atoms with Crippen molar-refractivity contribution < 1.29 is 5.11 Å². The van der Waals surface area contributed by atoms with Crippen molar-refractivity contribution in [3.8, 4) is 0 Å². The van der Waals surface area contributed by atoms with Gasteiger partial charge in [-0.1, -0.05) is 13.0 Å². The number of nitrogens with one attached hydrogen (secondary N) is 1.